The van der Waals surface area contributed by atoms with Gasteiger partial charge >= 0.3 is 5.97 Å². The maximum absolute atomic E-state index is 11.1. The molecule has 0 amide bonds. The monoisotopic (exact) mass is 520 g/mol. The number of thiophene rings is 2. The number of benzene rings is 2. The summed E-state index contributed by atoms with van der Waals surface area (Å²) in [5.74, 6) is 1.12. The van der Waals surface area contributed by atoms with Crippen molar-refractivity contribution >= 4 is 46.1 Å². The molecule has 6 heteroatoms. The van der Waals surface area contributed by atoms with Gasteiger partial charge < -0.3 is 10.0 Å². The Balaban J connectivity index is 1.15. The quantitative estimate of drug-likeness (QED) is 0.213. The van der Waals surface area contributed by atoms with Crippen LogP contribution >= 0.6 is 22.7 Å². The molecule has 182 valence electrons. The minimum atomic E-state index is -1.20. The molecular formula is C31H24N2O2S2. The third-order valence-electron chi connectivity index (χ3n) is 8.27. The van der Waals surface area contributed by atoms with Crippen molar-refractivity contribution < 1.29 is 9.90 Å². The number of fused-ring (bicyclic) bond motifs is 7. The second-order valence-corrected chi connectivity index (χ2v) is 12.4. The molecule has 0 spiro atoms. The summed E-state index contributed by atoms with van der Waals surface area (Å²) in [6.07, 6.45) is 5.56. The molecule has 2 saturated carbocycles. The first-order chi connectivity index (χ1) is 18.1. The van der Waals surface area contributed by atoms with Gasteiger partial charge in [0.25, 0.3) is 0 Å². The lowest BCUT2D eigenvalue weighted by molar-refractivity contribution is -0.132. The minimum absolute atomic E-state index is 0.252. The normalized spacial score (nSPS) is 23.6. The number of anilines is 2. The fraction of sp³-hybridized carbons (Fsp3) is 0.226. The second-order valence-electron chi connectivity index (χ2n) is 10.2. The van der Waals surface area contributed by atoms with Crippen molar-refractivity contribution in [3.05, 3.63) is 88.8 Å². The Labute approximate surface area is 223 Å². The molecule has 4 aromatic rings. The van der Waals surface area contributed by atoms with E-state index in [4.69, 9.17) is 10.4 Å². The number of carbonyl (C=O) groups is 1. The lowest BCUT2D eigenvalue weighted by Crippen LogP contribution is -2.35. The van der Waals surface area contributed by atoms with E-state index in [1.807, 2.05) is 12.1 Å². The highest BCUT2D eigenvalue weighted by atomic mass is 32.1. The maximum Gasteiger partial charge on any atom is 0.346 e. The van der Waals surface area contributed by atoms with Gasteiger partial charge in [-0.2, -0.15) is 5.26 Å². The van der Waals surface area contributed by atoms with Crippen LogP contribution in [0.3, 0.4) is 0 Å². The average Bonchev–Trinajstić information content (AvgIpc) is 3.74. The summed E-state index contributed by atoms with van der Waals surface area (Å²) in [5, 5.41) is 18.1. The van der Waals surface area contributed by atoms with Gasteiger partial charge in [0.05, 0.1) is 0 Å². The second kappa shape index (κ2) is 8.72. The zero-order chi connectivity index (χ0) is 25.1. The van der Waals surface area contributed by atoms with Gasteiger partial charge in [-0.05, 0) is 90.8 Å². The summed E-state index contributed by atoms with van der Waals surface area (Å²) in [7, 11) is 0. The summed E-state index contributed by atoms with van der Waals surface area (Å²) in [6.45, 7) is 0. The Morgan fingerprint density at radius 1 is 0.919 bits per heavy atom. The van der Waals surface area contributed by atoms with Crippen LogP contribution in [0.4, 0.5) is 11.4 Å². The fourth-order valence-electron chi connectivity index (χ4n) is 6.79. The molecule has 4 unspecified atom stereocenters. The molecule has 2 bridgehead atoms. The van der Waals surface area contributed by atoms with Gasteiger partial charge in [-0.25, -0.2) is 4.79 Å². The van der Waals surface area contributed by atoms with Gasteiger partial charge in [0, 0.05) is 42.8 Å². The minimum Gasteiger partial charge on any atom is -0.477 e. The third kappa shape index (κ3) is 3.65. The Hall–Kier alpha value is -3.66. The highest BCUT2D eigenvalue weighted by molar-refractivity contribution is 7.24. The molecule has 2 fully saturated rings. The predicted molar refractivity (Wildman–Crippen MR) is 150 cm³/mol. The number of nitrogens with zero attached hydrogens (tertiary/aromatic N) is 2. The molecular weight excluding hydrogens is 496 g/mol. The highest BCUT2D eigenvalue weighted by Gasteiger charge is 2.55. The van der Waals surface area contributed by atoms with Crippen molar-refractivity contribution in [3.63, 3.8) is 0 Å². The smallest absolute Gasteiger partial charge is 0.346 e. The van der Waals surface area contributed by atoms with Gasteiger partial charge in [-0.15, -0.1) is 22.7 Å². The third-order valence-corrected chi connectivity index (χ3v) is 10.6. The fourth-order valence-corrected chi connectivity index (χ4v) is 8.84. The van der Waals surface area contributed by atoms with E-state index in [2.05, 4.69) is 65.6 Å². The number of nitriles is 1. The molecule has 3 heterocycles. The van der Waals surface area contributed by atoms with E-state index in [0.717, 1.165) is 26.5 Å². The summed E-state index contributed by atoms with van der Waals surface area (Å²) < 4.78 is 0. The van der Waals surface area contributed by atoms with Crippen molar-refractivity contribution in [2.75, 3.05) is 4.90 Å². The number of carboxylic acids is 1. The molecule has 1 aliphatic heterocycles. The zero-order valence-electron chi connectivity index (χ0n) is 20.0. The Bertz CT molecular complexity index is 1590. The van der Waals surface area contributed by atoms with Crippen LogP contribution in [0.25, 0.3) is 26.3 Å². The van der Waals surface area contributed by atoms with Crippen molar-refractivity contribution in [1.82, 2.24) is 0 Å². The Kier molecular flexibility index (Phi) is 5.31. The van der Waals surface area contributed by atoms with Crippen LogP contribution in [0.2, 0.25) is 0 Å². The van der Waals surface area contributed by atoms with E-state index in [0.29, 0.717) is 12.0 Å². The van der Waals surface area contributed by atoms with E-state index >= 15 is 0 Å². The standard InChI is InChI=1S/C31H24N2O2S2/c32-17-21(31(34)35)16-23-11-12-27(36-23)28-14-13-26(37-28)18-7-9-22(10-8-18)33-25-4-2-1-3-24(25)29-19-5-6-20(15-19)30(29)33/h1-4,7-14,16,19-20,29-30H,5-6,15H2,(H,34,35)/b21-16+. The lowest BCUT2D eigenvalue weighted by Gasteiger charge is -2.33. The van der Waals surface area contributed by atoms with E-state index in [1.165, 1.54) is 58.5 Å². The topological polar surface area (TPSA) is 64.3 Å². The maximum atomic E-state index is 11.1. The molecule has 4 atom stereocenters. The number of carboxylic acid groups (broad SMARTS) is 1. The predicted octanol–water partition coefficient (Wildman–Crippen LogP) is 8.17. The van der Waals surface area contributed by atoms with Gasteiger partial charge in [0.1, 0.15) is 11.6 Å². The van der Waals surface area contributed by atoms with Crippen LogP contribution in [0.1, 0.15) is 35.6 Å². The number of aliphatic carboxylic acids is 1. The molecule has 7 rings (SSSR count). The summed E-state index contributed by atoms with van der Waals surface area (Å²) in [4.78, 5) is 17.9. The number of para-hydroxylation sites is 1. The highest BCUT2D eigenvalue weighted by Crippen LogP contribution is 2.62. The molecule has 2 aliphatic carbocycles. The van der Waals surface area contributed by atoms with Crippen LogP contribution < -0.4 is 4.90 Å². The van der Waals surface area contributed by atoms with Crippen molar-refractivity contribution in [3.8, 4) is 26.3 Å². The van der Waals surface area contributed by atoms with Crippen LogP contribution in [-0.4, -0.2) is 17.1 Å². The van der Waals surface area contributed by atoms with Gasteiger partial charge in [0.15, 0.2) is 0 Å². The van der Waals surface area contributed by atoms with Gasteiger partial charge in [-0.3, -0.25) is 0 Å². The molecule has 2 aromatic heterocycles. The number of hydrogen-bond donors (Lipinski definition) is 1. The van der Waals surface area contributed by atoms with Gasteiger partial charge in [-0.1, -0.05) is 30.3 Å². The summed E-state index contributed by atoms with van der Waals surface area (Å²) in [5.41, 5.74) is 5.17. The molecule has 4 nitrogen and oxygen atoms in total. The zero-order valence-corrected chi connectivity index (χ0v) is 21.6. The summed E-state index contributed by atoms with van der Waals surface area (Å²) >= 11 is 3.23. The van der Waals surface area contributed by atoms with Crippen LogP contribution in [0, 0.1) is 23.2 Å². The van der Waals surface area contributed by atoms with Crippen molar-refractivity contribution in [1.29, 1.82) is 5.26 Å². The van der Waals surface area contributed by atoms with E-state index < -0.39 is 5.97 Å². The van der Waals surface area contributed by atoms with E-state index in [-0.39, 0.29) is 5.57 Å². The molecule has 2 aromatic carbocycles. The largest absolute Gasteiger partial charge is 0.477 e. The van der Waals surface area contributed by atoms with Crippen LogP contribution in [0.5, 0.6) is 0 Å². The average molecular weight is 521 g/mol. The van der Waals surface area contributed by atoms with Gasteiger partial charge in [0.2, 0.25) is 0 Å². The Morgan fingerprint density at radius 2 is 1.65 bits per heavy atom. The van der Waals surface area contributed by atoms with Crippen molar-refractivity contribution in [2.45, 2.75) is 31.2 Å². The first-order valence-electron chi connectivity index (χ1n) is 12.6. The van der Waals surface area contributed by atoms with Crippen LogP contribution in [-0.2, 0) is 4.79 Å². The Morgan fingerprint density at radius 3 is 2.46 bits per heavy atom. The van der Waals surface area contributed by atoms with E-state index in [9.17, 15) is 4.79 Å². The van der Waals surface area contributed by atoms with Crippen molar-refractivity contribution in [2.24, 2.45) is 11.8 Å². The SMILES string of the molecule is N#C/C(=C\c1ccc(-c2ccc(-c3ccc(N4c5ccccc5C5C6CCC(C6)C54)cc3)s2)s1)C(=O)O. The first kappa shape index (κ1) is 22.5. The molecule has 0 saturated heterocycles. The number of rotatable bonds is 5. The summed E-state index contributed by atoms with van der Waals surface area (Å²) in [6, 6.07) is 28.5. The number of hydrogen-bond acceptors (Lipinski definition) is 5. The molecule has 1 N–H and O–H groups in total. The molecule has 0 radical (unpaired) electrons. The lowest BCUT2D eigenvalue weighted by atomic mass is 9.82. The molecule has 3 aliphatic rings. The van der Waals surface area contributed by atoms with E-state index in [1.54, 1.807) is 23.0 Å². The van der Waals surface area contributed by atoms with Crippen LogP contribution in [0.15, 0.2) is 78.4 Å². The first-order valence-corrected chi connectivity index (χ1v) is 14.3. The molecule has 37 heavy (non-hydrogen) atoms.